The summed E-state index contributed by atoms with van der Waals surface area (Å²) < 4.78 is 42.4. The molecule has 6 N–H and O–H groups in total. The normalized spacial score (nSPS) is 11.7. The number of rotatable bonds is 5. The summed E-state index contributed by atoms with van der Waals surface area (Å²) in [5.74, 6) is 7.92. The van der Waals surface area contributed by atoms with Gasteiger partial charge in [-0.05, 0) is 36.4 Å². The molecule has 0 aromatic heterocycles. The van der Waals surface area contributed by atoms with Crippen LogP contribution < -0.4 is 21.7 Å². The van der Waals surface area contributed by atoms with Gasteiger partial charge < -0.3 is 15.6 Å². The Labute approximate surface area is 160 Å². The van der Waals surface area contributed by atoms with Crippen molar-refractivity contribution in [3.05, 3.63) is 71.0 Å². The number of nitrogens with one attached hydrogen (secondary N) is 1. The Bertz CT molecular complexity index is 1120. The van der Waals surface area contributed by atoms with Crippen LogP contribution in [0.4, 0.5) is 4.39 Å². The maximum absolute atomic E-state index is 14.0. The third-order valence-corrected chi connectivity index (χ3v) is 4.48. The van der Waals surface area contributed by atoms with E-state index in [9.17, 15) is 17.6 Å². The van der Waals surface area contributed by atoms with E-state index < -0.39 is 33.2 Å². The molecule has 146 valence electrons. The molecule has 0 atom stereocenters. The van der Waals surface area contributed by atoms with Crippen molar-refractivity contribution in [1.29, 1.82) is 0 Å². The van der Waals surface area contributed by atoms with Gasteiger partial charge in [0.2, 0.25) is 5.88 Å². The SMILES string of the molecule is CS(=O)(=O)c1cccc(C#Cc2cc(O/C(NN)=C(/N)C(=O)O)ccc2F)c1. The minimum atomic E-state index is -3.40. The van der Waals surface area contributed by atoms with Crippen molar-refractivity contribution in [2.75, 3.05) is 6.26 Å². The van der Waals surface area contributed by atoms with Crippen LogP contribution in [0, 0.1) is 17.7 Å². The Hall–Kier alpha value is -3.55. The molecule has 0 aliphatic rings. The summed E-state index contributed by atoms with van der Waals surface area (Å²) in [6.07, 6.45) is 1.07. The quantitative estimate of drug-likeness (QED) is 0.187. The fraction of sp³-hybridized carbons (Fsp3) is 0.0556. The molecule has 0 heterocycles. The topological polar surface area (TPSA) is 145 Å². The number of carboxylic acids is 1. The summed E-state index contributed by atoms with van der Waals surface area (Å²) in [5.41, 5.74) is 6.98. The number of aliphatic carboxylic acids is 1. The Balaban J connectivity index is 2.37. The van der Waals surface area contributed by atoms with Crippen molar-refractivity contribution in [2.24, 2.45) is 11.6 Å². The Kier molecular flexibility index (Phi) is 6.25. The lowest BCUT2D eigenvalue weighted by Crippen LogP contribution is -2.31. The third kappa shape index (κ3) is 5.23. The maximum atomic E-state index is 14.0. The van der Waals surface area contributed by atoms with Crippen LogP contribution in [0.15, 0.2) is 58.9 Å². The number of benzene rings is 2. The van der Waals surface area contributed by atoms with Gasteiger partial charge in [-0.15, -0.1) is 0 Å². The number of halogens is 1. The molecule has 28 heavy (non-hydrogen) atoms. The number of hydrazine groups is 1. The van der Waals surface area contributed by atoms with Crippen molar-refractivity contribution in [3.8, 4) is 17.6 Å². The number of hydrogen-bond donors (Lipinski definition) is 4. The highest BCUT2D eigenvalue weighted by Gasteiger charge is 2.13. The molecule has 0 amide bonds. The molecule has 0 fully saturated rings. The summed E-state index contributed by atoms with van der Waals surface area (Å²) in [7, 11) is -3.40. The molecule has 0 saturated carbocycles. The molecule has 2 aromatic carbocycles. The fourth-order valence-electron chi connectivity index (χ4n) is 1.98. The van der Waals surface area contributed by atoms with Crippen molar-refractivity contribution < 1.29 is 27.4 Å². The Morgan fingerprint density at radius 1 is 1.21 bits per heavy atom. The van der Waals surface area contributed by atoms with E-state index >= 15 is 0 Å². The summed E-state index contributed by atoms with van der Waals surface area (Å²) >= 11 is 0. The standard InChI is InChI=1S/C18H16FN3O5S/c1-28(25,26)14-4-2-3-11(9-14)5-6-12-10-13(7-8-15(12)19)27-17(22-21)16(20)18(23)24/h2-4,7-10,22H,20-21H2,1H3,(H,23,24)/b17-16+. The monoisotopic (exact) mass is 405 g/mol. The van der Waals surface area contributed by atoms with E-state index in [1.165, 1.54) is 30.3 Å². The van der Waals surface area contributed by atoms with Gasteiger partial charge in [0.1, 0.15) is 11.6 Å². The molecule has 0 saturated heterocycles. The first-order chi connectivity index (χ1) is 13.1. The van der Waals surface area contributed by atoms with Crippen LogP contribution in [0.2, 0.25) is 0 Å². The molecule has 0 radical (unpaired) electrons. The van der Waals surface area contributed by atoms with E-state index in [4.69, 9.17) is 21.4 Å². The van der Waals surface area contributed by atoms with Crippen LogP contribution in [0.1, 0.15) is 11.1 Å². The average molecular weight is 405 g/mol. The summed E-state index contributed by atoms with van der Waals surface area (Å²) in [6, 6.07) is 9.41. The second kappa shape index (κ2) is 8.43. The zero-order valence-electron chi connectivity index (χ0n) is 14.6. The van der Waals surface area contributed by atoms with Crippen LogP contribution in [-0.2, 0) is 14.6 Å². The summed E-state index contributed by atoms with van der Waals surface area (Å²) in [4.78, 5) is 11.0. The Morgan fingerprint density at radius 2 is 1.93 bits per heavy atom. The first kappa shape index (κ1) is 20.8. The van der Waals surface area contributed by atoms with Gasteiger partial charge >= 0.3 is 5.97 Å². The van der Waals surface area contributed by atoms with E-state index in [0.717, 1.165) is 12.3 Å². The van der Waals surface area contributed by atoms with Gasteiger partial charge in [0.25, 0.3) is 0 Å². The molecule has 0 unspecified atom stereocenters. The van der Waals surface area contributed by atoms with Gasteiger partial charge in [-0.3, -0.25) is 5.43 Å². The molecule has 2 aromatic rings. The van der Waals surface area contributed by atoms with Gasteiger partial charge in [-0.1, -0.05) is 17.9 Å². The summed E-state index contributed by atoms with van der Waals surface area (Å²) in [6.45, 7) is 0. The van der Waals surface area contributed by atoms with Crippen LogP contribution in [0.5, 0.6) is 5.75 Å². The smallest absolute Gasteiger partial charge is 0.357 e. The third-order valence-electron chi connectivity index (χ3n) is 3.37. The van der Waals surface area contributed by atoms with Crippen LogP contribution in [0.3, 0.4) is 0 Å². The van der Waals surface area contributed by atoms with Gasteiger partial charge in [-0.25, -0.2) is 23.4 Å². The highest BCUT2D eigenvalue weighted by atomic mass is 32.2. The molecule has 8 nitrogen and oxygen atoms in total. The lowest BCUT2D eigenvalue weighted by molar-refractivity contribution is -0.132. The molecule has 0 spiro atoms. The predicted octanol–water partition coefficient (Wildman–Crippen LogP) is 0.684. The van der Waals surface area contributed by atoms with Crippen LogP contribution in [0.25, 0.3) is 0 Å². The molecule has 0 bridgehead atoms. The number of carbonyl (C=O) groups is 1. The molecule has 2 rings (SSSR count). The predicted molar refractivity (Wildman–Crippen MR) is 98.7 cm³/mol. The number of sulfone groups is 1. The lowest BCUT2D eigenvalue weighted by Gasteiger charge is -2.11. The highest BCUT2D eigenvalue weighted by molar-refractivity contribution is 7.90. The molecule has 10 heteroatoms. The fourth-order valence-corrected chi connectivity index (χ4v) is 2.65. The van der Waals surface area contributed by atoms with Gasteiger partial charge in [-0.2, -0.15) is 0 Å². The van der Waals surface area contributed by atoms with Crippen molar-refractivity contribution in [2.45, 2.75) is 4.90 Å². The van der Waals surface area contributed by atoms with Crippen molar-refractivity contribution >= 4 is 15.8 Å². The van der Waals surface area contributed by atoms with Gasteiger partial charge in [0.05, 0.1) is 10.5 Å². The molecular weight excluding hydrogens is 389 g/mol. The van der Waals surface area contributed by atoms with E-state index in [0.29, 0.717) is 5.56 Å². The summed E-state index contributed by atoms with van der Waals surface area (Å²) in [5, 5.41) is 8.87. The second-order valence-electron chi connectivity index (χ2n) is 5.49. The van der Waals surface area contributed by atoms with E-state index in [-0.39, 0.29) is 16.2 Å². The molecule has 0 aliphatic heterocycles. The zero-order chi connectivity index (χ0) is 20.9. The van der Waals surface area contributed by atoms with Gasteiger partial charge in [0, 0.05) is 11.8 Å². The first-order valence-corrected chi connectivity index (χ1v) is 9.50. The van der Waals surface area contributed by atoms with Crippen molar-refractivity contribution in [1.82, 2.24) is 5.43 Å². The van der Waals surface area contributed by atoms with Crippen LogP contribution >= 0.6 is 0 Å². The lowest BCUT2D eigenvalue weighted by atomic mass is 10.1. The van der Waals surface area contributed by atoms with E-state index in [1.54, 1.807) is 6.07 Å². The van der Waals surface area contributed by atoms with E-state index in [1.807, 2.05) is 5.43 Å². The van der Waals surface area contributed by atoms with Crippen LogP contribution in [-0.4, -0.2) is 25.7 Å². The number of nitrogens with two attached hydrogens (primary N) is 2. The zero-order valence-corrected chi connectivity index (χ0v) is 15.4. The van der Waals surface area contributed by atoms with Gasteiger partial charge in [0.15, 0.2) is 15.5 Å². The number of carboxylic acid groups (broad SMARTS) is 1. The minimum absolute atomic E-state index is 0.0349. The maximum Gasteiger partial charge on any atom is 0.357 e. The van der Waals surface area contributed by atoms with E-state index in [2.05, 4.69) is 11.8 Å². The minimum Gasteiger partial charge on any atom is -0.476 e. The molecular formula is C18H16FN3O5S. The van der Waals surface area contributed by atoms with Crippen molar-refractivity contribution in [3.63, 3.8) is 0 Å². The second-order valence-corrected chi connectivity index (χ2v) is 7.50. The largest absolute Gasteiger partial charge is 0.476 e. The molecule has 0 aliphatic carbocycles. The average Bonchev–Trinajstić information content (AvgIpc) is 2.65. The highest BCUT2D eigenvalue weighted by Crippen LogP contribution is 2.19. The Morgan fingerprint density at radius 3 is 2.54 bits per heavy atom. The number of ether oxygens (including phenoxy) is 1. The first-order valence-electron chi connectivity index (χ1n) is 7.61. The number of hydrogen-bond acceptors (Lipinski definition) is 7.